The zero-order valence-corrected chi connectivity index (χ0v) is 27.8. The second kappa shape index (κ2) is 25.2. The summed E-state index contributed by atoms with van der Waals surface area (Å²) in [5, 5.41) is 30.3. The maximum atomic E-state index is 12.5. The van der Waals surface area contributed by atoms with Crippen molar-refractivity contribution >= 4 is 16.4 Å². The average molecular weight is 657 g/mol. The fraction of sp³-hybridized carbons (Fsp3) is 0.968. The molecule has 1 fully saturated rings. The Morgan fingerprint density at radius 3 is 1.82 bits per heavy atom. The molecule has 12 nitrogen and oxygen atoms in total. The van der Waals surface area contributed by atoms with Gasteiger partial charge in [-0.2, -0.15) is 8.42 Å². The number of aliphatic hydroxyl groups excluding tert-OH is 3. The minimum absolute atomic E-state index is 0.0411. The highest BCUT2D eigenvalue weighted by atomic mass is 32.3. The summed E-state index contributed by atoms with van der Waals surface area (Å²) in [6, 6.07) is 0. The zero-order chi connectivity index (χ0) is 32.6. The quantitative estimate of drug-likeness (QED) is 0.0523. The molecule has 262 valence electrons. The topological polar surface area (TPSA) is 178 Å². The third-order valence-corrected chi connectivity index (χ3v) is 8.19. The Morgan fingerprint density at radius 2 is 1.30 bits per heavy atom. The van der Waals surface area contributed by atoms with E-state index in [1.807, 2.05) is 0 Å². The number of ether oxygens (including phenoxy) is 4. The van der Waals surface area contributed by atoms with Gasteiger partial charge in [-0.15, -0.1) is 0 Å². The number of carbonyl (C=O) groups excluding carboxylic acids is 1. The highest BCUT2D eigenvalue weighted by Gasteiger charge is 2.48. The second-order valence-corrected chi connectivity index (χ2v) is 12.8. The summed E-state index contributed by atoms with van der Waals surface area (Å²) in [4.78, 5) is 12.5. The molecule has 0 spiro atoms. The number of rotatable bonds is 28. The molecule has 0 aromatic rings. The summed E-state index contributed by atoms with van der Waals surface area (Å²) in [5.41, 5.74) is 0. The van der Waals surface area contributed by atoms with Gasteiger partial charge in [-0.05, 0) is 12.8 Å². The molecule has 1 rings (SSSR count). The number of hydrogen-bond donors (Lipinski definition) is 4. The molecule has 0 aromatic heterocycles. The van der Waals surface area contributed by atoms with Crippen molar-refractivity contribution in [2.75, 3.05) is 26.4 Å². The van der Waals surface area contributed by atoms with Crippen LogP contribution in [0.3, 0.4) is 0 Å². The normalized spacial score (nSPS) is 23.1. The lowest BCUT2D eigenvalue weighted by molar-refractivity contribution is -0.301. The molecule has 6 unspecified atom stereocenters. The van der Waals surface area contributed by atoms with E-state index < -0.39 is 59.8 Å². The molecule has 1 aliphatic heterocycles. The molecule has 0 amide bonds. The Labute approximate surface area is 265 Å². The van der Waals surface area contributed by atoms with Crippen LogP contribution >= 0.6 is 0 Å². The monoisotopic (exact) mass is 656 g/mol. The Bertz CT molecular complexity index is 811. The SMILES string of the molecule is CCCCCCCCCCCCCCOCC(COC1OC(CO)C(O)C(OS(=O)(=O)O)C1O)OC(=O)CCCCCCC. The number of unbranched alkanes of at least 4 members (excludes halogenated alkanes) is 15. The van der Waals surface area contributed by atoms with Gasteiger partial charge in [-0.25, -0.2) is 4.18 Å². The van der Waals surface area contributed by atoms with E-state index in [-0.39, 0.29) is 19.6 Å². The fourth-order valence-corrected chi connectivity index (χ4v) is 5.65. The molecule has 0 saturated carbocycles. The molecule has 0 radical (unpaired) electrons. The standard InChI is InChI=1S/C31H60O12S/c1-3-5-7-9-10-11-12-13-14-15-17-19-21-39-23-25(41-27(33)20-18-16-8-6-4-2)24-40-31-29(35)30(43-44(36,37)38)28(34)26(22-32)42-31/h25-26,28-32,34-35H,3-24H2,1-2H3,(H,36,37,38). The van der Waals surface area contributed by atoms with E-state index in [2.05, 4.69) is 18.0 Å². The fourth-order valence-electron chi connectivity index (χ4n) is 5.14. The molecule has 4 N–H and O–H groups in total. The molecule has 13 heteroatoms. The number of carbonyl (C=O) groups is 1. The first-order chi connectivity index (χ1) is 21.1. The van der Waals surface area contributed by atoms with Crippen molar-refractivity contribution in [2.45, 2.75) is 166 Å². The van der Waals surface area contributed by atoms with Crippen molar-refractivity contribution in [1.82, 2.24) is 0 Å². The Morgan fingerprint density at radius 1 is 0.773 bits per heavy atom. The van der Waals surface area contributed by atoms with E-state index in [9.17, 15) is 28.5 Å². The molecule has 0 aliphatic carbocycles. The van der Waals surface area contributed by atoms with Crippen LogP contribution in [0.15, 0.2) is 0 Å². The Kier molecular flexibility index (Phi) is 23.6. The maximum Gasteiger partial charge on any atom is 0.397 e. The van der Waals surface area contributed by atoms with Crippen molar-refractivity contribution in [3.8, 4) is 0 Å². The molecule has 6 atom stereocenters. The summed E-state index contributed by atoms with van der Waals surface area (Å²) in [6.07, 6.45) is 10.6. The van der Waals surface area contributed by atoms with Gasteiger partial charge in [0, 0.05) is 13.0 Å². The van der Waals surface area contributed by atoms with Crippen molar-refractivity contribution in [3.63, 3.8) is 0 Å². The van der Waals surface area contributed by atoms with Crippen LogP contribution in [0.25, 0.3) is 0 Å². The van der Waals surface area contributed by atoms with Crippen LogP contribution in [0.2, 0.25) is 0 Å². The summed E-state index contributed by atoms with van der Waals surface area (Å²) < 4.78 is 58.3. The highest BCUT2D eigenvalue weighted by molar-refractivity contribution is 7.80. The summed E-state index contributed by atoms with van der Waals surface area (Å²) >= 11 is 0. The third kappa shape index (κ3) is 19.6. The highest BCUT2D eigenvalue weighted by Crippen LogP contribution is 2.26. The predicted octanol–water partition coefficient (Wildman–Crippen LogP) is 4.62. The van der Waals surface area contributed by atoms with Gasteiger partial charge in [-0.1, -0.05) is 110 Å². The first-order valence-corrected chi connectivity index (χ1v) is 18.2. The van der Waals surface area contributed by atoms with E-state index >= 15 is 0 Å². The van der Waals surface area contributed by atoms with Gasteiger partial charge in [0.2, 0.25) is 0 Å². The van der Waals surface area contributed by atoms with Crippen molar-refractivity contribution in [1.29, 1.82) is 0 Å². The second-order valence-electron chi connectivity index (χ2n) is 11.8. The number of hydrogen-bond acceptors (Lipinski definition) is 11. The summed E-state index contributed by atoms with van der Waals surface area (Å²) in [5.74, 6) is -0.412. The molecule has 0 aromatic carbocycles. The Hall–Kier alpha value is -0.900. The third-order valence-electron chi connectivity index (χ3n) is 7.73. The van der Waals surface area contributed by atoms with Crippen LogP contribution in [0.4, 0.5) is 0 Å². The molecular weight excluding hydrogens is 596 g/mol. The van der Waals surface area contributed by atoms with Gasteiger partial charge in [-0.3, -0.25) is 9.35 Å². The van der Waals surface area contributed by atoms with E-state index in [0.717, 1.165) is 44.9 Å². The average Bonchev–Trinajstić information content (AvgIpc) is 2.98. The zero-order valence-electron chi connectivity index (χ0n) is 27.0. The van der Waals surface area contributed by atoms with Crippen molar-refractivity contribution < 1.29 is 56.2 Å². The lowest BCUT2D eigenvalue weighted by Crippen LogP contribution is -2.60. The van der Waals surface area contributed by atoms with Crippen LogP contribution in [0, 0.1) is 0 Å². The van der Waals surface area contributed by atoms with Crippen LogP contribution < -0.4 is 0 Å². The maximum absolute atomic E-state index is 12.5. The lowest BCUT2D eigenvalue weighted by atomic mass is 9.99. The summed E-state index contributed by atoms with van der Waals surface area (Å²) in [7, 11) is -5.04. The van der Waals surface area contributed by atoms with E-state index in [0.29, 0.717) is 13.0 Å². The van der Waals surface area contributed by atoms with Crippen molar-refractivity contribution in [2.24, 2.45) is 0 Å². The minimum Gasteiger partial charge on any atom is -0.457 e. The molecule has 0 bridgehead atoms. The van der Waals surface area contributed by atoms with Gasteiger partial charge in [0.15, 0.2) is 6.29 Å². The molecule has 1 heterocycles. The summed E-state index contributed by atoms with van der Waals surface area (Å²) in [6.45, 7) is 3.86. The predicted molar refractivity (Wildman–Crippen MR) is 165 cm³/mol. The minimum atomic E-state index is -5.04. The smallest absolute Gasteiger partial charge is 0.397 e. The lowest BCUT2D eigenvalue weighted by Gasteiger charge is -2.41. The van der Waals surface area contributed by atoms with Gasteiger partial charge < -0.3 is 34.3 Å². The van der Waals surface area contributed by atoms with Gasteiger partial charge in [0.05, 0.1) is 19.8 Å². The van der Waals surface area contributed by atoms with Crippen LogP contribution in [0.5, 0.6) is 0 Å². The van der Waals surface area contributed by atoms with E-state index in [1.54, 1.807) is 0 Å². The first kappa shape index (κ1) is 41.1. The van der Waals surface area contributed by atoms with Crippen molar-refractivity contribution in [3.05, 3.63) is 0 Å². The van der Waals surface area contributed by atoms with E-state index in [4.69, 9.17) is 23.5 Å². The Balaban J connectivity index is 2.51. The molecule has 44 heavy (non-hydrogen) atoms. The van der Waals surface area contributed by atoms with Crippen LogP contribution in [-0.4, -0.2) is 97.5 Å². The van der Waals surface area contributed by atoms with Crippen LogP contribution in [0.1, 0.15) is 129 Å². The molecule has 1 aliphatic rings. The largest absolute Gasteiger partial charge is 0.457 e. The molecule has 1 saturated heterocycles. The number of esters is 1. The van der Waals surface area contributed by atoms with Gasteiger partial charge in [0.25, 0.3) is 0 Å². The van der Waals surface area contributed by atoms with E-state index in [1.165, 1.54) is 57.8 Å². The first-order valence-electron chi connectivity index (χ1n) is 16.8. The van der Waals surface area contributed by atoms with Gasteiger partial charge >= 0.3 is 16.4 Å². The molecular formula is C31H60O12S. The van der Waals surface area contributed by atoms with Crippen LogP contribution in [-0.2, 0) is 38.3 Å². The number of aliphatic hydroxyl groups is 3. The van der Waals surface area contributed by atoms with Gasteiger partial charge in [0.1, 0.15) is 30.5 Å².